The first-order valence-electron chi connectivity index (χ1n) is 1.98. The van der Waals surface area contributed by atoms with Crippen LogP contribution in [-0.2, 0) is 0 Å². The number of rotatable bonds is 0. The number of hydrogen-bond acceptors (Lipinski definition) is 2. The highest BCUT2D eigenvalue weighted by molar-refractivity contribution is 5.15. The van der Waals surface area contributed by atoms with Crippen LogP contribution in [0.5, 0.6) is 0 Å². The number of nitriles is 1. The lowest BCUT2D eigenvalue weighted by atomic mass is 10.5. The van der Waals surface area contributed by atoms with Crippen LogP contribution >= 0.6 is 0 Å². The minimum absolute atomic E-state index is 0.00231. The summed E-state index contributed by atoms with van der Waals surface area (Å²) in [5, 5.41) is 8.04. The third kappa shape index (κ3) is 0.684. The molecule has 0 aromatic carbocycles. The molecule has 1 heterocycles. The van der Waals surface area contributed by atoms with Gasteiger partial charge >= 0.3 is 0 Å². The van der Waals surface area contributed by atoms with Crippen LogP contribution in [0.1, 0.15) is 5.76 Å². The summed E-state index contributed by atoms with van der Waals surface area (Å²) < 4.78 is 16.0. The Labute approximate surface area is 45.1 Å². The summed E-state index contributed by atoms with van der Waals surface area (Å²) in [6, 6.07) is 3.29. The van der Waals surface area contributed by atoms with Crippen molar-refractivity contribution in [1.29, 1.82) is 5.26 Å². The molecule has 8 heavy (non-hydrogen) atoms. The van der Waals surface area contributed by atoms with Gasteiger partial charge in [-0.15, -0.1) is 0 Å². The molecule has 0 unspecified atom stereocenters. The van der Waals surface area contributed by atoms with Gasteiger partial charge in [0.05, 0.1) is 0 Å². The minimum atomic E-state index is -0.721. The lowest BCUT2D eigenvalue weighted by Gasteiger charge is -1.70. The average molecular weight is 111 g/mol. The Kier molecular flexibility index (Phi) is 1.01. The third-order valence-electron chi connectivity index (χ3n) is 0.683. The van der Waals surface area contributed by atoms with Crippen molar-refractivity contribution < 1.29 is 8.81 Å². The SMILES string of the molecule is N#Cc1ccc(F)o1. The Balaban J connectivity index is 3.05. The fourth-order valence-corrected chi connectivity index (χ4v) is 0.374. The smallest absolute Gasteiger partial charge is 0.278 e. The van der Waals surface area contributed by atoms with E-state index >= 15 is 0 Å². The van der Waals surface area contributed by atoms with E-state index in [-0.39, 0.29) is 5.76 Å². The topological polar surface area (TPSA) is 36.9 Å². The summed E-state index contributed by atoms with van der Waals surface area (Å²) in [6.07, 6.45) is 0. The second kappa shape index (κ2) is 1.66. The molecule has 1 aromatic heterocycles. The van der Waals surface area contributed by atoms with Gasteiger partial charge in [-0.05, 0) is 6.07 Å². The Morgan fingerprint density at radius 2 is 2.38 bits per heavy atom. The van der Waals surface area contributed by atoms with Gasteiger partial charge in [0.15, 0.2) is 0 Å². The van der Waals surface area contributed by atoms with E-state index in [4.69, 9.17) is 5.26 Å². The van der Waals surface area contributed by atoms with Crippen molar-refractivity contribution in [1.82, 2.24) is 0 Å². The quantitative estimate of drug-likeness (QED) is 0.505. The monoisotopic (exact) mass is 111 g/mol. The van der Waals surface area contributed by atoms with Crippen LogP contribution in [0.4, 0.5) is 4.39 Å². The summed E-state index contributed by atoms with van der Waals surface area (Å²) in [6.45, 7) is 0. The molecular formula is C5H2FNO. The van der Waals surface area contributed by atoms with Crippen LogP contribution in [0.25, 0.3) is 0 Å². The van der Waals surface area contributed by atoms with Crippen molar-refractivity contribution in [2.24, 2.45) is 0 Å². The van der Waals surface area contributed by atoms with Crippen molar-refractivity contribution in [3.8, 4) is 6.07 Å². The molecular weight excluding hydrogens is 109 g/mol. The van der Waals surface area contributed by atoms with E-state index in [1.165, 1.54) is 6.07 Å². The fraction of sp³-hybridized carbons (Fsp3) is 0. The summed E-state index contributed by atoms with van der Waals surface area (Å²) in [7, 11) is 0. The lowest BCUT2D eigenvalue weighted by Crippen LogP contribution is -1.58. The van der Waals surface area contributed by atoms with Crippen LogP contribution in [0.15, 0.2) is 16.5 Å². The first-order chi connectivity index (χ1) is 3.83. The predicted molar refractivity (Wildman–Crippen MR) is 23.4 cm³/mol. The van der Waals surface area contributed by atoms with Gasteiger partial charge in [-0.25, -0.2) is 0 Å². The number of halogens is 1. The Morgan fingerprint density at radius 1 is 1.62 bits per heavy atom. The molecule has 3 heteroatoms. The molecule has 0 amide bonds. The normalized spacial score (nSPS) is 8.50. The predicted octanol–water partition coefficient (Wildman–Crippen LogP) is 1.29. The maximum absolute atomic E-state index is 11.8. The maximum Gasteiger partial charge on any atom is 0.278 e. The van der Waals surface area contributed by atoms with Crippen molar-refractivity contribution >= 4 is 0 Å². The van der Waals surface area contributed by atoms with E-state index in [1.807, 2.05) is 0 Å². The molecule has 1 rings (SSSR count). The van der Waals surface area contributed by atoms with Crippen LogP contribution in [-0.4, -0.2) is 0 Å². The van der Waals surface area contributed by atoms with E-state index in [0.717, 1.165) is 6.07 Å². The zero-order valence-electron chi connectivity index (χ0n) is 3.89. The van der Waals surface area contributed by atoms with E-state index in [9.17, 15) is 4.39 Å². The van der Waals surface area contributed by atoms with Crippen molar-refractivity contribution in [3.05, 3.63) is 23.9 Å². The third-order valence-corrected chi connectivity index (χ3v) is 0.683. The zero-order chi connectivity index (χ0) is 5.98. The summed E-state index contributed by atoms with van der Waals surface area (Å²) in [5.74, 6) is 0.00231. The van der Waals surface area contributed by atoms with Gasteiger partial charge in [-0.1, -0.05) is 0 Å². The molecule has 0 saturated carbocycles. The van der Waals surface area contributed by atoms with Gasteiger partial charge in [0.1, 0.15) is 6.07 Å². The highest BCUT2D eigenvalue weighted by Gasteiger charge is 1.95. The average Bonchev–Trinajstić information content (AvgIpc) is 2.14. The summed E-state index contributed by atoms with van der Waals surface area (Å²) in [5.41, 5.74) is 0. The van der Waals surface area contributed by atoms with E-state index in [1.54, 1.807) is 6.07 Å². The molecule has 40 valence electrons. The molecule has 1 aromatic rings. The molecule has 0 fully saturated rings. The first kappa shape index (κ1) is 4.85. The highest BCUT2D eigenvalue weighted by Crippen LogP contribution is 2.02. The Bertz CT molecular complexity index is 223. The molecule has 2 nitrogen and oxygen atoms in total. The van der Waals surface area contributed by atoms with Crippen molar-refractivity contribution in [3.63, 3.8) is 0 Å². The molecule has 0 radical (unpaired) electrons. The molecule has 0 aliphatic rings. The number of hydrogen-bond donors (Lipinski definition) is 0. The molecule has 0 atom stereocenters. The van der Waals surface area contributed by atoms with E-state index in [2.05, 4.69) is 4.42 Å². The number of nitrogens with zero attached hydrogens (tertiary/aromatic N) is 1. The van der Waals surface area contributed by atoms with Crippen LogP contribution in [0.3, 0.4) is 0 Å². The van der Waals surface area contributed by atoms with Gasteiger partial charge in [-0.3, -0.25) is 0 Å². The van der Waals surface area contributed by atoms with Gasteiger partial charge in [0.25, 0.3) is 6.01 Å². The molecule has 0 N–H and O–H groups in total. The minimum Gasteiger partial charge on any atom is -0.420 e. The largest absolute Gasteiger partial charge is 0.420 e. The molecule has 0 bridgehead atoms. The molecule has 0 aliphatic carbocycles. The van der Waals surface area contributed by atoms with E-state index in [0.29, 0.717) is 0 Å². The van der Waals surface area contributed by atoms with Crippen LogP contribution < -0.4 is 0 Å². The van der Waals surface area contributed by atoms with Gasteiger partial charge < -0.3 is 4.42 Å². The van der Waals surface area contributed by atoms with E-state index < -0.39 is 6.01 Å². The summed E-state index contributed by atoms with van der Waals surface area (Å²) in [4.78, 5) is 0. The zero-order valence-corrected chi connectivity index (χ0v) is 3.89. The highest BCUT2D eigenvalue weighted by atomic mass is 19.1. The van der Waals surface area contributed by atoms with Gasteiger partial charge in [0.2, 0.25) is 5.76 Å². The lowest BCUT2D eigenvalue weighted by molar-refractivity contribution is 0.353. The first-order valence-corrected chi connectivity index (χ1v) is 1.98. The Morgan fingerprint density at radius 3 is 2.62 bits per heavy atom. The fourth-order valence-electron chi connectivity index (χ4n) is 0.374. The van der Waals surface area contributed by atoms with Crippen molar-refractivity contribution in [2.75, 3.05) is 0 Å². The van der Waals surface area contributed by atoms with Gasteiger partial charge in [-0.2, -0.15) is 9.65 Å². The number of furan rings is 1. The van der Waals surface area contributed by atoms with Crippen LogP contribution in [0, 0.1) is 17.3 Å². The standard InChI is InChI=1S/C5H2FNO/c6-5-2-1-4(3-7)8-5/h1-2H. The molecule has 0 saturated heterocycles. The summed E-state index contributed by atoms with van der Waals surface area (Å²) >= 11 is 0. The second-order valence-corrected chi connectivity index (χ2v) is 1.22. The second-order valence-electron chi connectivity index (χ2n) is 1.22. The van der Waals surface area contributed by atoms with Crippen LogP contribution in [0.2, 0.25) is 0 Å². The van der Waals surface area contributed by atoms with Crippen molar-refractivity contribution in [2.45, 2.75) is 0 Å². The maximum atomic E-state index is 11.8. The Hall–Kier alpha value is -1.30. The molecule has 0 spiro atoms. The van der Waals surface area contributed by atoms with Gasteiger partial charge in [0, 0.05) is 6.07 Å². The molecule has 0 aliphatic heterocycles.